The summed E-state index contributed by atoms with van der Waals surface area (Å²) in [7, 11) is 0. The van der Waals surface area contributed by atoms with Crippen LogP contribution in [0.3, 0.4) is 0 Å². The first kappa shape index (κ1) is 16.2. The second-order valence-corrected chi connectivity index (χ2v) is 5.82. The van der Waals surface area contributed by atoms with Crippen molar-refractivity contribution in [1.29, 1.82) is 0 Å². The average Bonchev–Trinajstić information content (AvgIpc) is 2.30. The number of nitrogens with one attached hydrogen (secondary N) is 1. The maximum Gasteiger partial charge on any atom is 0.335 e. The molecule has 0 saturated heterocycles. The number of carboxylic acid groups (broad SMARTS) is 1. The van der Waals surface area contributed by atoms with E-state index in [4.69, 9.17) is 5.11 Å². The highest BCUT2D eigenvalue weighted by Gasteiger charge is 2.13. The molecule has 0 aliphatic rings. The van der Waals surface area contributed by atoms with Crippen molar-refractivity contribution in [1.82, 2.24) is 0 Å². The number of amides is 1. The smallest absolute Gasteiger partial charge is 0.335 e. The van der Waals surface area contributed by atoms with Crippen molar-refractivity contribution in [2.24, 2.45) is 11.8 Å². The molecular formula is C16H23NO3. The van der Waals surface area contributed by atoms with E-state index in [0.29, 0.717) is 23.9 Å². The maximum atomic E-state index is 12.0. The van der Waals surface area contributed by atoms with Crippen LogP contribution in [0.25, 0.3) is 0 Å². The predicted octanol–water partition coefficient (Wildman–Crippen LogP) is 3.70. The van der Waals surface area contributed by atoms with Gasteiger partial charge in [-0.25, -0.2) is 4.79 Å². The lowest BCUT2D eigenvalue weighted by Gasteiger charge is -2.14. The molecular weight excluding hydrogens is 254 g/mol. The normalized spacial score (nSPS) is 12.2. The van der Waals surface area contributed by atoms with Crippen molar-refractivity contribution in [3.8, 4) is 0 Å². The van der Waals surface area contributed by atoms with Gasteiger partial charge in [0.25, 0.3) is 0 Å². The third-order valence-electron chi connectivity index (χ3n) is 3.17. The minimum Gasteiger partial charge on any atom is -0.478 e. The summed E-state index contributed by atoms with van der Waals surface area (Å²) >= 11 is 0. The zero-order valence-corrected chi connectivity index (χ0v) is 12.6. The van der Waals surface area contributed by atoms with E-state index in [2.05, 4.69) is 26.1 Å². The molecule has 0 bridgehead atoms. The maximum absolute atomic E-state index is 12.0. The minimum absolute atomic E-state index is 0.0659. The van der Waals surface area contributed by atoms with Gasteiger partial charge in [0, 0.05) is 12.1 Å². The summed E-state index contributed by atoms with van der Waals surface area (Å²) in [5, 5.41) is 11.8. The van der Waals surface area contributed by atoms with E-state index in [1.54, 1.807) is 6.07 Å². The number of anilines is 1. The first-order valence-corrected chi connectivity index (χ1v) is 6.93. The van der Waals surface area contributed by atoms with Crippen LogP contribution in [0.1, 0.15) is 49.5 Å². The molecule has 110 valence electrons. The molecule has 0 heterocycles. The van der Waals surface area contributed by atoms with Gasteiger partial charge in [-0.15, -0.1) is 0 Å². The number of benzene rings is 1. The van der Waals surface area contributed by atoms with Gasteiger partial charge in [0.1, 0.15) is 0 Å². The minimum atomic E-state index is -0.992. The van der Waals surface area contributed by atoms with Crippen LogP contribution in [0.15, 0.2) is 18.2 Å². The van der Waals surface area contributed by atoms with Gasteiger partial charge in [-0.3, -0.25) is 4.79 Å². The first-order chi connectivity index (χ1) is 9.29. The lowest BCUT2D eigenvalue weighted by atomic mass is 9.95. The number of carbonyl (C=O) groups excluding carboxylic acids is 1. The number of rotatable bonds is 6. The second kappa shape index (κ2) is 7.08. The molecule has 1 aromatic rings. The SMILES string of the molecule is Cc1ccc(C(=O)O)cc1NC(=O)CC(C)CC(C)C. The van der Waals surface area contributed by atoms with E-state index in [0.717, 1.165) is 12.0 Å². The van der Waals surface area contributed by atoms with Crippen LogP contribution < -0.4 is 5.32 Å². The number of aryl methyl sites for hydroxylation is 1. The molecule has 4 nitrogen and oxygen atoms in total. The molecule has 20 heavy (non-hydrogen) atoms. The van der Waals surface area contributed by atoms with Crippen LogP contribution in [0.5, 0.6) is 0 Å². The van der Waals surface area contributed by atoms with Crippen molar-refractivity contribution < 1.29 is 14.7 Å². The van der Waals surface area contributed by atoms with Gasteiger partial charge >= 0.3 is 5.97 Å². The summed E-state index contributed by atoms with van der Waals surface area (Å²) in [6, 6.07) is 4.74. The Bertz CT molecular complexity index is 494. The van der Waals surface area contributed by atoms with E-state index < -0.39 is 5.97 Å². The monoisotopic (exact) mass is 277 g/mol. The summed E-state index contributed by atoms with van der Waals surface area (Å²) < 4.78 is 0. The fourth-order valence-electron chi connectivity index (χ4n) is 2.30. The average molecular weight is 277 g/mol. The molecule has 1 rings (SSSR count). The van der Waals surface area contributed by atoms with Crippen LogP contribution in [0, 0.1) is 18.8 Å². The van der Waals surface area contributed by atoms with Crippen molar-refractivity contribution in [2.45, 2.75) is 40.5 Å². The van der Waals surface area contributed by atoms with Crippen LogP contribution in [-0.2, 0) is 4.79 Å². The van der Waals surface area contributed by atoms with E-state index in [1.165, 1.54) is 12.1 Å². The highest BCUT2D eigenvalue weighted by atomic mass is 16.4. The Morgan fingerprint density at radius 2 is 1.90 bits per heavy atom. The van der Waals surface area contributed by atoms with Gasteiger partial charge in [0.15, 0.2) is 0 Å². The molecule has 1 amide bonds. The molecule has 1 aromatic carbocycles. The number of hydrogen-bond donors (Lipinski definition) is 2. The number of carbonyl (C=O) groups is 2. The molecule has 4 heteroatoms. The standard InChI is InChI=1S/C16H23NO3/c1-10(2)7-11(3)8-15(18)17-14-9-13(16(19)20)6-5-12(14)4/h5-6,9-11H,7-8H2,1-4H3,(H,17,18)(H,19,20). The Morgan fingerprint density at radius 3 is 2.45 bits per heavy atom. The fourth-order valence-corrected chi connectivity index (χ4v) is 2.30. The molecule has 0 radical (unpaired) electrons. The van der Waals surface area contributed by atoms with E-state index in [1.807, 2.05) is 6.92 Å². The quantitative estimate of drug-likeness (QED) is 0.833. The zero-order valence-electron chi connectivity index (χ0n) is 12.6. The van der Waals surface area contributed by atoms with Crippen molar-refractivity contribution >= 4 is 17.6 Å². The van der Waals surface area contributed by atoms with Crippen LogP contribution in [0.2, 0.25) is 0 Å². The lowest BCUT2D eigenvalue weighted by Crippen LogP contribution is -2.17. The molecule has 0 aliphatic carbocycles. The topological polar surface area (TPSA) is 66.4 Å². The summed E-state index contributed by atoms with van der Waals surface area (Å²) in [6.07, 6.45) is 1.45. The molecule has 0 aliphatic heterocycles. The Labute approximate surface area is 120 Å². The predicted molar refractivity (Wildman–Crippen MR) is 80.0 cm³/mol. The van der Waals surface area contributed by atoms with Gasteiger partial charge in [0.2, 0.25) is 5.91 Å². The van der Waals surface area contributed by atoms with E-state index >= 15 is 0 Å². The van der Waals surface area contributed by atoms with Crippen molar-refractivity contribution in [3.05, 3.63) is 29.3 Å². The zero-order chi connectivity index (χ0) is 15.3. The van der Waals surface area contributed by atoms with Gasteiger partial charge in [0.05, 0.1) is 5.56 Å². The van der Waals surface area contributed by atoms with Crippen LogP contribution >= 0.6 is 0 Å². The summed E-state index contributed by atoms with van der Waals surface area (Å²) in [6.45, 7) is 8.17. The summed E-state index contributed by atoms with van der Waals surface area (Å²) in [5.74, 6) is -0.176. The summed E-state index contributed by atoms with van der Waals surface area (Å²) in [4.78, 5) is 22.9. The Balaban J connectivity index is 2.70. The third kappa shape index (κ3) is 5.03. The Morgan fingerprint density at radius 1 is 1.25 bits per heavy atom. The van der Waals surface area contributed by atoms with Crippen LogP contribution in [0.4, 0.5) is 5.69 Å². The van der Waals surface area contributed by atoms with E-state index in [9.17, 15) is 9.59 Å². The van der Waals surface area contributed by atoms with Gasteiger partial charge in [-0.05, 0) is 42.9 Å². The van der Waals surface area contributed by atoms with Crippen molar-refractivity contribution in [2.75, 3.05) is 5.32 Å². The molecule has 0 spiro atoms. The fraction of sp³-hybridized carbons (Fsp3) is 0.500. The molecule has 0 aromatic heterocycles. The molecule has 0 fully saturated rings. The first-order valence-electron chi connectivity index (χ1n) is 6.93. The molecule has 1 unspecified atom stereocenters. The van der Waals surface area contributed by atoms with Crippen LogP contribution in [-0.4, -0.2) is 17.0 Å². The number of aromatic carboxylic acids is 1. The largest absolute Gasteiger partial charge is 0.478 e. The third-order valence-corrected chi connectivity index (χ3v) is 3.17. The van der Waals surface area contributed by atoms with Gasteiger partial charge < -0.3 is 10.4 Å². The highest BCUT2D eigenvalue weighted by molar-refractivity contribution is 5.94. The lowest BCUT2D eigenvalue weighted by molar-refractivity contribution is -0.117. The Kier molecular flexibility index (Phi) is 5.74. The van der Waals surface area contributed by atoms with Crippen molar-refractivity contribution in [3.63, 3.8) is 0 Å². The number of carboxylic acids is 1. The highest BCUT2D eigenvalue weighted by Crippen LogP contribution is 2.19. The Hall–Kier alpha value is -1.84. The van der Waals surface area contributed by atoms with Gasteiger partial charge in [-0.1, -0.05) is 26.8 Å². The van der Waals surface area contributed by atoms with E-state index in [-0.39, 0.29) is 11.5 Å². The molecule has 0 saturated carbocycles. The second-order valence-electron chi connectivity index (χ2n) is 5.82. The molecule has 1 atom stereocenters. The van der Waals surface area contributed by atoms with Gasteiger partial charge in [-0.2, -0.15) is 0 Å². The summed E-state index contributed by atoms with van der Waals surface area (Å²) in [5.41, 5.74) is 1.62. The number of hydrogen-bond acceptors (Lipinski definition) is 2. The molecule has 2 N–H and O–H groups in total.